The number of rotatable bonds is 12. The van der Waals surface area contributed by atoms with Crippen molar-refractivity contribution in [2.24, 2.45) is 5.92 Å². The van der Waals surface area contributed by atoms with Gasteiger partial charge in [-0.1, -0.05) is 18.9 Å². The van der Waals surface area contributed by atoms with Gasteiger partial charge in [-0.3, -0.25) is 43.9 Å². The van der Waals surface area contributed by atoms with Gasteiger partial charge < -0.3 is 35.0 Å². The van der Waals surface area contributed by atoms with Crippen molar-refractivity contribution < 1.29 is 46.7 Å². The van der Waals surface area contributed by atoms with Gasteiger partial charge in [-0.25, -0.2) is 9.37 Å². The smallest absolute Gasteiger partial charge is 0.342 e. The number of imide groups is 2. The molecule has 0 radical (unpaired) electrons. The Bertz CT molecular complexity index is 2630. The van der Waals surface area contributed by atoms with E-state index in [1.165, 1.54) is 31.3 Å². The zero-order valence-corrected chi connectivity index (χ0v) is 40.8. The van der Waals surface area contributed by atoms with Crippen molar-refractivity contribution in [1.29, 1.82) is 0 Å². The number of halogens is 3. The van der Waals surface area contributed by atoms with E-state index < -0.39 is 59.8 Å². The Hall–Kier alpha value is -6.35. The summed E-state index contributed by atoms with van der Waals surface area (Å²) < 4.78 is 51.5. The Kier molecular flexibility index (Phi) is 13.9. The van der Waals surface area contributed by atoms with E-state index in [4.69, 9.17) is 4.74 Å². The number of carbonyl (C=O) groups excluding carboxylic acids is 6. The van der Waals surface area contributed by atoms with Crippen molar-refractivity contribution in [2.45, 2.75) is 114 Å². The van der Waals surface area contributed by atoms with Crippen LogP contribution in [0.3, 0.4) is 0 Å². The molecule has 1 unspecified atom stereocenters. The van der Waals surface area contributed by atoms with E-state index in [0.717, 1.165) is 125 Å². The average Bonchev–Trinajstić information content (AvgIpc) is 4.00. The van der Waals surface area contributed by atoms with Crippen molar-refractivity contribution in [2.75, 3.05) is 86.5 Å². The van der Waals surface area contributed by atoms with Crippen LogP contribution < -0.4 is 35.4 Å². The highest BCUT2D eigenvalue weighted by Crippen LogP contribution is 2.41. The van der Waals surface area contributed by atoms with Gasteiger partial charge in [0, 0.05) is 76.9 Å². The number of methoxy groups -OCH3 is 1. The third kappa shape index (κ3) is 9.68. The van der Waals surface area contributed by atoms with E-state index in [1.807, 2.05) is 6.07 Å². The van der Waals surface area contributed by atoms with E-state index in [9.17, 15) is 28.8 Å². The normalized spacial score (nSPS) is 24.6. The fourth-order valence-electron chi connectivity index (χ4n) is 12.0. The van der Waals surface area contributed by atoms with Crippen molar-refractivity contribution in [1.82, 2.24) is 35.3 Å². The van der Waals surface area contributed by atoms with Gasteiger partial charge in [0.1, 0.15) is 23.3 Å². The molecule has 2 aliphatic carbocycles. The first-order valence-corrected chi connectivity index (χ1v) is 25.5. The van der Waals surface area contributed by atoms with Gasteiger partial charge in [0.15, 0.2) is 5.82 Å². The molecule has 72 heavy (non-hydrogen) atoms. The second-order valence-corrected chi connectivity index (χ2v) is 20.4. The number of piperazine rings is 1. The van der Waals surface area contributed by atoms with Crippen molar-refractivity contribution in [3.05, 3.63) is 59.0 Å². The quantitative estimate of drug-likeness (QED) is 0.203. The minimum Gasteiger partial charge on any atom is -0.495 e. The highest BCUT2D eigenvalue weighted by atomic mass is 19.3. The Morgan fingerprint density at radius 3 is 2.32 bits per heavy atom. The van der Waals surface area contributed by atoms with Gasteiger partial charge in [0.25, 0.3) is 23.6 Å². The number of anilines is 5. The molecule has 21 heteroatoms. The van der Waals surface area contributed by atoms with Crippen LogP contribution in [0.2, 0.25) is 0 Å². The monoisotopic (exact) mass is 997 g/mol. The number of aromatic nitrogens is 2. The molecule has 5 fully saturated rings. The van der Waals surface area contributed by atoms with Crippen LogP contribution in [0, 0.1) is 11.7 Å². The summed E-state index contributed by atoms with van der Waals surface area (Å²) in [5, 5.41) is 8.25. The largest absolute Gasteiger partial charge is 0.495 e. The molecule has 3 aromatic rings. The van der Waals surface area contributed by atoms with Crippen LogP contribution in [0.15, 0.2) is 36.5 Å². The third-order valence-corrected chi connectivity index (χ3v) is 16.1. The summed E-state index contributed by atoms with van der Waals surface area (Å²) in [6, 6.07) is 6.82. The van der Waals surface area contributed by atoms with E-state index in [2.05, 4.69) is 40.6 Å². The molecule has 2 saturated carbocycles. The van der Waals surface area contributed by atoms with Gasteiger partial charge >= 0.3 is 5.92 Å². The van der Waals surface area contributed by atoms with Gasteiger partial charge in [0.05, 0.1) is 47.9 Å². The number of carbonyl (C=O) groups is 6. The minimum atomic E-state index is -3.63. The van der Waals surface area contributed by atoms with Crippen LogP contribution in [0.25, 0.3) is 0 Å². The summed E-state index contributed by atoms with van der Waals surface area (Å²) in [6.45, 7) is 5.61. The first-order valence-electron chi connectivity index (χ1n) is 25.5. The number of hydrogen-bond acceptors (Lipinski definition) is 14. The summed E-state index contributed by atoms with van der Waals surface area (Å²) in [4.78, 5) is 97.1. The molecule has 0 bridgehead atoms. The van der Waals surface area contributed by atoms with Gasteiger partial charge in [-0.05, 0) is 94.9 Å². The van der Waals surface area contributed by atoms with Crippen molar-refractivity contribution >= 4 is 64.3 Å². The maximum absolute atomic E-state index is 15.8. The molecule has 3 N–H and O–H groups in total. The average molecular weight is 998 g/mol. The highest BCUT2D eigenvalue weighted by molar-refractivity contribution is 6.25. The lowest BCUT2D eigenvalue weighted by Gasteiger charge is -2.42. The predicted molar refractivity (Wildman–Crippen MR) is 260 cm³/mol. The summed E-state index contributed by atoms with van der Waals surface area (Å²) in [6.07, 6.45) is 11.0. The SMILES string of the molecule is COc1cc(C(=O)N[C@H]2CC[C@H](N3CCN(CCC4CCN(c5cccc6c5C(=O)N(C5CCC(=O)NC5=O)C6=O)CC4)CC3)CC2)c(F)cc1Nc1ncc2c(n1)N(C1CCCC1)CC(F)(F)C(=O)N2C. The lowest BCUT2D eigenvalue weighted by molar-refractivity contribution is -0.140. The predicted octanol–water partition coefficient (Wildman–Crippen LogP) is 5.10. The zero-order chi connectivity index (χ0) is 50.4. The van der Waals surface area contributed by atoms with Crippen LogP contribution in [0.5, 0.6) is 5.75 Å². The molecule has 7 aliphatic rings. The Morgan fingerprint density at radius 1 is 0.875 bits per heavy atom. The fraction of sp³-hybridized carbons (Fsp3) is 0.569. The van der Waals surface area contributed by atoms with E-state index in [0.29, 0.717) is 35.9 Å². The molecule has 2 aromatic carbocycles. The summed E-state index contributed by atoms with van der Waals surface area (Å²) in [5.74, 6) is -7.42. The number of nitrogens with one attached hydrogen (secondary N) is 3. The van der Waals surface area contributed by atoms with Crippen LogP contribution in [0.1, 0.15) is 115 Å². The van der Waals surface area contributed by atoms with Crippen LogP contribution >= 0.6 is 0 Å². The molecule has 0 spiro atoms. The lowest BCUT2D eigenvalue weighted by atomic mass is 9.89. The Morgan fingerprint density at radius 2 is 1.61 bits per heavy atom. The number of alkyl halides is 2. The second kappa shape index (κ2) is 20.3. The maximum Gasteiger partial charge on any atom is 0.342 e. The minimum absolute atomic E-state index is 0.0115. The van der Waals surface area contributed by atoms with Crippen molar-refractivity contribution in [3.63, 3.8) is 0 Å². The molecule has 6 amide bonds. The highest BCUT2D eigenvalue weighted by Gasteiger charge is 2.49. The molecule has 1 atom stereocenters. The van der Waals surface area contributed by atoms with Crippen molar-refractivity contribution in [3.8, 4) is 5.75 Å². The molecule has 384 valence electrons. The third-order valence-electron chi connectivity index (χ3n) is 16.1. The zero-order valence-electron chi connectivity index (χ0n) is 40.8. The van der Waals surface area contributed by atoms with Crippen LogP contribution in [-0.4, -0.2) is 157 Å². The lowest BCUT2D eigenvalue weighted by Crippen LogP contribution is -2.54. The molecule has 5 aliphatic heterocycles. The molecular weight excluding hydrogens is 936 g/mol. The Labute approximate surface area is 416 Å². The standard InChI is InChI=1S/C51H62F3N11O7/c1-60-40-28-55-50(59-44(40)64(33-6-3-4-7-33)29-51(53,54)49(60)71)57-37-27-36(52)35(26-41(37)72-2)45(67)56-31-10-12-32(13-11-31)62-24-22-61(23-25-62)19-16-30-17-20-63(21-18-30)38-9-5-8-34-43(38)48(70)65(47(34)69)39-14-15-42(66)58-46(39)68/h5,8-9,26-28,30-33,39H,3-4,6-7,10-25,29H2,1-2H3,(H,56,67)(H,55,57,59)(H,58,66,68)/t31-,32-,39?. The van der Waals surface area contributed by atoms with Gasteiger partial charge in [-0.15, -0.1) is 0 Å². The number of ether oxygens (including phenoxy) is 1. The number of nitrogens with zero attached hydrogens (tertiary/aromatic N) is 8. The fourth-order valence-corrected chi connectivity index (χ4v) is 12.0. The number of benzene rings is 2. The molecule has 10 rings (SSSR count). The first kappa shape index (κ1) is 49.2. The van der Waals surface area contributed by atoms with E-state index in [-0.39, 0.29) is 59.4 Å². The summed E-state index contributed by atoms with van der Waals surface area (Å²) in [5.41, 5.74) is 1.47. The molecule has 18 nitrogen and oxygen atoms in total. The molecule has 1 aromatic heterocycles. The molecule has 6 heterocycles. The number of hydrogen-bond donors (Lipinski definition) is 3. The maximum atomic E-state index is 15.8. The van der Waals surface area contributed by atoms with Gasteiger partial charge in [-0.2, -0.15) is 13.8 Å². The number of piperidine rings is 2. The topological polar surface area (TPSA) is 193 Å². The number of fused-ring (bicyclic) bond motifs is 2. The van der Waals surface area contributed by atoms with E-state index in [1.54, 1.807) is 12.1 Å². The van der Waals surface area contributed by atoms with E-state index >= 15 is 13.2 Å². The van der Waals surface area contributed by atoms with Crippen LogP contribution in [0.4, 0.5) is 42.0 Å². The summed E-state index contributed by atoms with van der Waals surface area (Å²) in [7, 11) is 2.67. The molecule has 3 saturated heterocycles. The first-order chi connectivity index (χ1) is 34.7. The van der Waals surface area contributed by atoms with Gasteiger partial charge in [0.2, 0.25) is 17.8 Å². The summed E-state index contributed by atoms with van der Waals surface area (Å²) >= 11 is 0. The second-order valence-electron chi connectivity index (χ2n) is 20.4. The molecular formula is C51H62F3N11O7. The van der Waals surface area contributed by atoms with Crippen LogP contribution in [-0.2, 0) is 14.4 Å². The Balaban J connectivity index is 0.672. The number of amides is 6.